The number of sulfone groups is 1. The highest BCUT2D eigenvalue weighted by atomic mass is 32.2. The molecule has 0 saturated heterocycles. The number of esters is 1. The second-order valence-electron chi connectivity index (χ2n) is 6.24. The van der Waals surface area contributed by atoms with Crippen molar-refractivity contribution >= 4 is 21.9 Å². The highest BCUT2D eigenvalue weighted by Gasteiger charge is 2.23. The van der Waals surface area contributed by atoms with E-state index in [0.717, 1.165) is 6.26 Å². The van der Waals surface area contributed by atoms with Crippen LogP contribution in [0.1, 0.15) is 40.0 Å². The number of hydrogen-bond acceptors (Lipinski definition) is 6. The topological polar surface area (TPSA) is 98.8 Å². The Morgan fingerprint density at radius 1 is 1.18 bits per heavy atom. The normalized spacial score (nSPS) is 13.3. The van der Waals surface area contributed by atoms with Crippen LogP contribution >= 0.6 is 0 Å². The molecular weight excluding hydrogens is 310 g/mol. The third-order valence-corrected chi connectivity index (χ3v) is 3.69. The Bertz CT molecular complexity index is 466. The van der Waals surface area contributed by atoms with Crippen molar-refractivity contribution in [3.05, 3.63) is 0 Å². The van der Waals surface area contributed by atoms with Crippen LogP contribution in [0.25, 0.3) is 0 Å². The molecule has 0 aliphatic rings. The quantitative estimate of drug-likeness (QED) is 0.532. The Morgan fingerprint density at radius 2 is 1.77 bits per heavy atom. The number of carbonyl (C=O) groups is 2. The fourth-order valence-electron chi connectivity index (χ4n) is 1.82. The minimum atomic E-state index is -3.25. The van der Waals surface area contributed by atoms with Crippen LogP contribution in [0.3, 0.4) is 0 Å². The van der Waals surface area contributed by atoms with Gasteiger partial charge in [-0.3, -0.25) is 4.79 Å². The van der Waals surface area contributed by atoms with Crippen LogP contribution in [0, 0.1) is 5.92 Å². The molecule has 1 N–H and O–H groups in total. The summed E-state index contributed by atoms with van der Waals surface area (Å²) in [5.74, 6) is -1.41. The van der Waals surface area contributed by atoms with Gasteiger partial charge in [0.1, 0.15) is 15.4 Å². The van der Waals surface area contributed by atoms with Crippen molar-refractivity contribution in [2.24, 2.45) is 5.92 Å². The Morgan fingerprint density at radius 3 is 2.23 bits per heavy atom. The van der Waals surface area contributed by atoms with Gasteiger partial charge in [-0.05, 0) is 33.6 Å². The predicted octanol–water partition coefficient (Wildman–Crippen LogP) is 1.52. The lowest BCUT2D eigenvalue weighted by Crippen LogP contribution is -2.33. The average molecular weight is 337 g/mol. The summed E-state index contributed by atoms with van der Waals surface area (Å²) in [7, 11) is -2.01. The number of methoxy groups -OCH3 is 1. The van der Waals surface area contributed by atoms with Crippen LogP contribution in [0.5, 0.6) is 0 Å². The molecular formula is C14H27NO6S. The second kappa shape index (κ2) is 8.97. The minimum Gasteiger partial charge on any atom is -0.469 e. The molecule has 0 aliphatic heterocycles. The molecule has 1 atom stereocenters. The summed E-state index contributed by atoms with van der Waals surface area (Å²) in [5, 5.41) is 2.61. The Hall–Kier alpha value is -1.31. The third-order valence-electron chi connectivity index (χ3n) is 2.69. The molecule has 0 aromatic rings. The molecule has 0 aliphatic carbocycles. The Balaban J connectivity index is 4.09. The number of hydrogen-bond donors (Lipinski definition) is 1. The van der Waals surface area contributed by atoms with Crippen molar-refractivity contribution in [3.8, 4) is 0 Å². The standard InChI is InChI=1S/C14H27NO6S/c1-14(2,3)21-13(17)15-9-7-6-8-11(12(16)20-4)10-22(5,18)19/h11H,6-10H2,1-5H3,(H,15,17)/t11-/m1/s1. The molecule has 0 radical (unpaired) electrons. The minimum absolute atomic E-state index is 0.223. The van der Waals surface area contributed by atoms with Crippen LogP contribution < -0.4 is 5.32 Å². The Kier molecular flexibility index (Phi) is 8.44. The molecule has 0 aromatic heterocycles. The number of alkyl carbamates (subject to hydrolysis) is 1. The summed E-state index contributed by atoms with van der Waals surface area (Å²) in [5.41, 5.74) is -0.546. The van der Waals surface area contributed by atoms with Gasteiger partial charge in [-0.1, -0.05) is 6.42 Å². The van der Waals surface area contributed by atoms with Gasteiger partial charge in [0.2, 0.25) is 0 Å². The molecule has 0 rings (SSSR count). The Labute approximate surface area is 132 Å². The van der Waals surface area contributed by atoms with E-state index in [1.165, 1.54) is 7.11 Å². The number of nitrogens with one attached hydrogen (secondary N) is 1. The second-order valence-corrected chi connectivity index (χ2v) is 8.42. The number of ether oxygens (including phenoxy) is 2. The molecule has 130 valence electrons. The van der Waals surface area contributed by atoms with Crippen LogP contribution in [0.15, 0.2) is 0 Å². The molecule has 0 fully saturated rings. The van der Waals surface area contributed by atoms with E-state index in [1.807, 2.05) is 0 Å². The van der Waals surface area contributed by atoms with Crippen molar-refractivity contribution < 1.29 is 27.5 Å². The summed E-state index contributed by atoms with van der Waals surface area (Å²) in [4.78, 5) is 23.0. The molecule has 0 unspecified atom stereocenters. The lowest BCUT2D eigenvalue weighted by Gasteiger charge is -2.19. The van der Waals surface area contributed by atoms with Gasteiger partial charge < -0.3 is 14.8 Å². The van der Waals surface area contributed by atoms with Crippen LogP contribution in [0.4, 0.5) is 4.79 Å². The molecule has 0 spiro atoms. The van der Waals surface area contributed by atoms with Crippen molar-refractivity contribution in [2.45, 2.75) is 45.6 Å². The maximum absolute atomic E-state index is 11.5. The lowest BCUT2D eigenvalue weighted by molar-refractivity contribution is -0.144. The first-order chi connectivity index (χ1) is 9.94. The highest BCUT2D eigenvalue weighted by Crippen LogP contribution is 2.13. The summed E-state index contributed by atoms with van der Waals surface area (Å²) in [6.45, 7) is 5.73. The van der Waals surface area contributed by atoms with E-state index in [-0.39, 0.29) is 5.75 Å². The largest absolute Gasteiger partial charge is 0.469 e. The van der Waals surface area contributed by atoms with E-state index in [1.54, 1.807) is 20.8 Å². The van der Waals surface area contributed by atoms with Gasteiger partial charge >= 0.3 is 12.1 Å². The smallest absolute Gasteiger partial charge is 0.407 e. The van der Waals surface area contributed by atoms with E-state index >= 15 is 0 Å². The SMILES string of the molecule is COC(=O)[C@H](CCCCNC(=O)OC(C)(C)C)CS(C)(=O)=O. The number of amides is 1. The van der Waals surface area contributed by atoms with E-state index in [9.17, 15) is 18.0 Å². The van der Waals surface area contributed by atoms with E-state index in [2.05, 4.69) is 10.1 Å². The number of rotatable bonds is 8. The number of carbonyl (C=O) groups excluding carboxylic acids is 2. The summed E-state index contributed by atoms with van der Waals surface area (Å²) < 4.78 is 32.3. The van der Waals surface area contributed by atoms with Gasteiger partial charge in [-0.15, -0.1) is 0 Å². The van der Waals surface area contributed by atoms with Crippen molar-refractivity contribution in [2.75, 3.05) is 25.7 Å². The van der Waals surface area contributed by atoms with Crippen LogP contribution in [-0.4, -0.2) is 51.7 Å². The van der Waals surface area contributed by atoms with Crippen LogP contribution in [0.2, 0.25) is 0 Å². The predicted molar refractivity (Wildman–Crippen MR) is 83.3 cm³/mol. The third kappa shape index (κ3) is 11.4. The maximum Gasteiger partial charge on any atom is 0.407 e. The zero-order valence-electron chi connectivity index (χ0n) is 14.0. The fraction of sp³-hybridized carbons (Fsp3) is 0.857. The fourth-order valence-corrected chi connectivity index (χ4v) is 2.86. The molecule has 7 nitrogen and oxygen atoms in total. The molecule has 0 aromatic carbocycles. The summed E-state index contributed by atoms with van der Waals surface area (Å²) in [6.07, 6.45) is 2.22. The van der Waals surface area contributed by atoms with Gasteiger partial charge in [0.05, 0.1) is 18.8 Å². The average Bonchev–Trinajstić information content (AvgIpc) is 2.32. The number of unbranched alkanes of at least 4 members (excludes halogenated alkanes) is 1. The monoisotopic (exact) mass is 337 g/mol. The summed E-state index contributed by atoms with van der Waals surface area (Å²) >= 11 is 0. The molecule has 1 amide bonds. The molecule has 0 bridgehead atoms. The lowest BCUT2D eigenvalue weighted by atomic mass is 10.0. The molecule has 8 heteroatoms. The first kappa shape index (κ1) is 20.7. The van der Waals surface area contributed by atoms with E-state index < -0.39 is 33.4 Å². The zero-order chi connectivity index (χ0) is 17.4. The molecule has 22 heavy (non-hydrogen) atoms. The molecule has 0 heterocycles. The first-order valence-electron chi connectivity index (χ1n) is 7.17. The van der Waals surface area contributed by atoms with Gasteiger partial charge in [-0.25, -0.2) is 13.2 Å². The van der Waals surface area contributed by atoms with Crippen molar-refractivity contribution in [1.29, 1.82) is 0 Å². The maximum atomic E-state index is 11.5. The van der Waals surface area contributed by atoms with Crippen molar-refractivity contribution in [1.82, 2.24) is 5.32 Å². The first-order valence-corrected chi connectivity index (χ1v) is 9.23. The van der Waals surface area contributed by atoms with Gasteiger partial charge in [-0.2, -0.15) is 0 Å². The van der Waals surface area contributed by atoms with E-state index in [4.69, 9.17) is 4.74 Å². The molecule has 0 saturated carbocycles. The van der Waals surface area contributed by atoms with Crippen molar-refractivity contribution in [3.63, 3.8) is 0 Å². The van der Waals surface area contributed by atoms with Gasteiger partial charge in [0.15, 0.2) is 0 Å². The zero-order valence-corrected chi connectivity index (χ0v) is 14.8. The van der Waals surface area contributed by atoms with Crippen LogP contribution in [-0.2, 0) is 24.1 Å². The van der Waals surface area contributed by atoms with Gasteiger partial charge in [0.25, 0.3) is 0 Å². The van der Waals surface area contributed by atoms with Gasteiger partial charge in [0, 0.05) is 12.8 Å². The van der Waals surface area contributed by atoms with E-state index in [0.29, 0.717) is 25.8 Å². The highest BCUT2D eigenvalue weighted by molar-refractivity contribution is 7.90. The summed E-state index contributed by atoms with van der Waals surface area (Å²) in [6, 6.07) is 0.